The van der Waals surface area contributed by atoms with Gasteiger partial charge in [0, 0.05) is 30.5 Å². The van der Waals surface area contributed by atoms with E-state index < -0.39 is 5.54 Å². The summed E-state index contributed by atoms with van der Waals surface area (Å²) in [7, 11) is 0. The number of amides is 2. The van der Waals surface area contributed by atoms with E-state index in [1.165, 1.54) is 11.3 Å². The van der Waals surface area contributed by atoms with Gasteiger partial charge in [0.1, 0.15) is 0 Å². The number of carbonyl (C=O) groups excluding carboxylic acids is 2. The topological polar surface area (TPSA) is 84.2 Å². The van der Waals surface area contributed by atoms with E-state index in [0.717, 1.165) is 0 Å². The van der Waals surface area contributed by atoms with E-state index in [9.17, 15) is 9.59 Å². The van der Waals surface area contributed by atoms with Crippen molar-refractivity contribution < 1.29 is 9.59 Å². The van der Waals surface area contributed by atoms with Crippen molar-refractivity contribution in [3.63, 3.8) is 0 Å². The van der Waals surface area contributed by atoms with Gasteiger partial charge in [-0.05, 0) is 24.3 Å². The van der Waals surface area contributed by atoms with Gasteiger partial charge in [-0.3, -0.25) is 9.59 Å². The molecular weight excluding hydrogens is 274 g/mol. The van der Waals surface area contributed by atoms with Crippen LogP contribution in [-0.2, 0) is 4.79 Å². The molecule has 0 aromatic carbocycles. The smallest absolute Gasteiger partial charge is 0.252 e. The van der Waals surface area contributed by atoms with Crippen molar-refractivity contribution in [3.05, 3.63) is 22.4 Å². The first-order chi connectivity index (χ1) is 9.39. The number of nitrogens with one attached hydrogen (secondary N) is 2. The molecule has 1 rings (SSSR count). The van der Waals surface area contributed by atoms with E-state index in [4.69, 9.17) is 5.73 Å². The zero-order valence-corrected chi connectivity index (χ0v) is 13.0. The lowest BCUT2D eigenvalue weighted by molar-refractivity contribution is -0.123. The summed E-state index contributed by atoms with van der Waals surface area (Å²) >= 11 is 1.47. The molecule has 1 aromatic heterocycles. The Morgan fingerprint density at radius 1 is 1.45 bits per heavy atom. The van der Waals surface area contributed by atoms with Crippen LogP contribution in [0.25, 0.3) is 0 Å². The van der Waals surface area contributed by atoms with Gasteiger partial charge in [-0.2, -0.15) is 11.3 Å². The van der Waals surface area contributed by atoms with Crippen LogP contribution in [0.15, 0.2) is 16.8 Å². The third kappa shape index (κ3) is 4.61. The lowest BCUT2D eigenvalue weighted by atomic mass is 9.88. The summed E-state index contributed by atoms with van der Waals surface area (Å²) < 4.78 is 0. The Hall–Kier alpha value is -1.40. The number of hydrogen-bond donors (Lipinski definition) is 3. The zero-order valence-electron chi connectivity index (χ0n) is 12.2. The highest BCUT2D eigenvalue weighted by Gasteiger charge is 2.28. The number of carbonyl (C=O) groups is 2. The fourth-order valence-corrected chi connectivity index (χ4v) is 2.23. The van der Waals surface area contributed by atoms with Crippen molar-refractivity contribution in [3.8, 4) is 0 Å². The first-order valence-electron chi connectivity index (χ1n) is 6.70. The SMILES string of the molecule is CC(C)C(C)(CN)NC(=O)CCNC(=O)c1ccsc1. The van der Waals surface area contributed by atoms with Gasteiger partial charge < -0.3 is 16.4 Å². The van der Waals surface area contributed by atoms with Crippen molar-refractivity contribution in [2.75, 3.05) is 13.1 Å². The minimum atomic E-state index is -0.408. The van der Waals surface area contributed by atoms with Gasteiger partial charge >= 0.3 is 0 Å². The van der Waals surface area contributed by atoms with Crippen molar-refractivity contribution >= 4 is 23.2 Å². The molecule has 0 bridgehead atoms. The van der Waals surface area contributed by atoms with E-state index in [1.807, 2.05) is 26.2 Å². The molecule has 1 unspecified atom stereocenters. The highest BCUT2D eigenvalue weighted by atomic mass is 32.1. The molecule has 0 radical (unpaired) electrons. The summed E-state index contributed by atoms with van der Waals surface area (Å²) in [6.07, 6.45) is 0.248. The summed E-state index contributed by atoms with van der Waals surface area (Å²) in [5, 5.41) is 9.28. The number of thiophene rings is 1. The van der Waals surface area contributed by atoms with Crippen molar-refractivity contribution in [1.82, 2.24) is 10.6 Å². The van der Waals surface area contributed by atoms with Gasteiger partial charge in [-0.15, -0.1) is 0 Å². The summed E-state index contributed by atoms with van der Waals surface area (Å²) in [5.74, 6) is -0.00128. The Bertz CT molecular complexity index is 445. The molecule has 0 saturated heterocycles. The third-order valence-electron chi connectivity index (χ3n) is 3.54. The average Bonchev–Trinajstić information content (AvgIpc) is 2.92. The predicted molar refractivity (Wildman–Crippen MR) is 81.7 cm³/mol. The number of hydrogen-bond acceptors (Lipinski definition) is 4. The lowest BCUT2D eigenvalue weighted by Crippen LogP contribution is -2.55. The molecule has 6 heteroatoms. The standard InChI is InChI=1S/C14H23N3O2S/c1-10(2)14(3,9-15)17-12(18)4-6-16-13(19)11-5-7-20-8-11/h5,7-8,10H,4,6,9,15H2,1-3H3,(H,16,19)(H,17,18). The van der Waals surface area contributed by atoms with Gasteiger partial charge in [-0.1, -0.05) is 13.8 Å². The first-order valence-corrected chi connectivity index (χ1v) is 7.65. The van der Waals surface area contributed by atoms with Gasteiger partial charge in [0.05, 0.1) is 5.54 Å². The number of rotatable bonds is 7. The molecule has 4 N–H and O–H groups in total. The second-order valence-corrected chi connectivity index (χ2v) is 6.12. The second-order valence-electron chi connectivity index (χ2n) is 5.34. The van der Waals surface area contributed by atoms with Gasteiger partial charge in [0.15, 0.2) is 0 Å². The molecule has 112 valence electrons. The highest BCUT2D eigenvalue weighted by molar-refractivity contribution is 7.08. The van der Waals surface area contributed by atoms with Crippen LogP contribution >= 0.6 is 11.3 Å². The Morgan fingerprint density at radius 2 is 2.15 bits per heavy atom. The molecule has 1 heterocycles. The minimum absolute atomic E-state index is 0.0998. The maximum absolute atomic E-state index is 11.9. The Labute approximate surface area is 123 Å². The monoisotopic (exact) mass is 297 g/mol. The van der Waals surface area contributed by atoms with E-state index in [-0.39, 0.29) is 24.2 Å². The summed E-state index contributed by atoms with van der Waals surface area (Å²) in [6.45, 7) is 6.67. The molecule has 20 heavy (non-hydrogen) atoms. The molecule has 0 saturated carbocycles. The Kier molecular flexibility index (Phi) is 6.16. The van der Waals surface area contributed by atoms with Crippen LogP contribution in [-0.4, -0.2) is 30.4 Å². The van der Waals surface area contributed by atoms with Gasteiger partial charge in [0.2, 0.25) is 5.91 Å². The van der Waals surface area contributed by atoms with Gasteiger partial charge in [0.25, 0.3) is 5.91 Å². The molecule has 0 spiro atoms. The van der Waals surface area contributed by atoms with E-state index in [1.54, 1.807) is 11.4 Å². The largest absolute Gasteiger partial charge is 0.351 e. The average molecular weight is 297 g/mol. The van der Waals surface area contributed by atoms with Crippen molar-refractivity contribution in [2.24, 2.45) is 11.7 Å². The Morgan fingerprint density at radius 3 is 2.65 bits per heavy atom. The molecule has 1 aromatic rings. The highest BCUT2D eigenvalue weighted by Crippen LogP contribution is 2.14. The fourth-order valence-electron chi connectivity index (χ4n) is 1.60. The van der Waals surface area contributed by atoms with Crippen LogP contribution in [0.2, 0.25) is 0 Å². The fraction of sp³-hybridized carbons (Fsp3) is 0.571. The van der Waals surface area contributed by atoms with Crippen LogP contribution in [0.5, 0.6) is 0 Å². The van der Waals surface area contributed by atoms with Crippen LogP contribution in [0.1, 0.15) is 37.6 Å². The van der Waals surface area contributed by atoms with Crippen LogP contribution in [0.4, 0.5) is 0 Å². The van der Waals surface area contributed by atoms with Crippen LogP contribution in [0, 0.1) is 5.92 Å². The molecule has 0 aliphatic carbocycles. The van der Waals surface area contributed by atoms with Crippen LogP contribution < -0.4 is 16.4 Å². The molecule has 0 aliphatic heterocycles. The Balaban J connectivity index is 2.35. The number of nitrogens with two attached hydrogens (primary N) is 1. The quantitative estimate of drug-likeness (QED) is 0.710. The predicted octanol–water partition coefficient (Wildman–Crippen LogP) is 1.36. The summed E-state index contributed by atoms with van der Waals surface area (Å²) in [4.78, 5) is 23.6. The maximum atomic E-state index is 11.9. The first kappa shape index (κ1) is 16.7. The third-order valence-corrected chi connectivity index (χ3v) is 4.23. The molecular formula is C14H23N3O2S. The molecule has 0 fully saturated rings. The van der Waals surface area contributed by atoms with Crippen molar-refractivity contribution in [1.29, 1.82) is 0 Å². The van der Waals surface area contributed by atoms with E-state index >= 15 is 0 Å². The molecule has 1 atom stereocenters. The van der Waals surface area contributed by atoms with Gasteiger partial charge in [-0.25, -0.2) is 0 Å². The van der Waals surface area contributed by atoms with E-state index in [0.29, 0.717) is 18.7 Å². The second kappa shape index (κ2) is 7.40. The molecule has 0 aliphatic rings. The summed E-state index contributed by atoms with van der Waals surface area (Å²) in [5.41, 5.74) is 5.93. The molecule has 5 nitrogen and oxygen atoms in total. The lowest BCUT2D eigenvalue weighted by Gasteiger charge is -2.33. The van der Waals surface area contributed by atoms with E-state index in [2.05, 4.69) is 10.6 Å². The zero-order chi connectivity index (χ0) is 15.2. The van der Waals surface area contributed by atoms with Crippen molar-refractivity contribution in [2.45, 2.75) is 32.7 Å². The minimum Gasteiger partial charge on any atom is -0.351 e. The van der Waals surface area contributed by atoms with Crippen LogP contribution in [0.3, 0.4) is 0 Å². The molecule has 2 amide bonds. The maximum Gasteiger partial charge on any atom is 0.252 e. The summed E-state index contributed by atoms with van der Waals surface area (Å²) in [6, 6.07) is 1.75. The normalized spacial score (nSPS) is 13.8.